The molecule has 20 heavy (non-hydrogen) atoms. The molecule has 0 saturated carbocycles. The van der Waals surface area contributed by atoms with E-state index in [4.69, 9.17) is 9.84 Å². The highest BCUT2D eigenvalue weighted by molar-refractivity contribution is 7.97. The minimum Gasteiger partial charge on any atom is -0.496 e. The molecule has 3 nitrogen and oxygen atoms in total. The number of hydrogen-bond acceptors (Lipinski definition) is 3. The van der Waals surface area contributed by atoms with Crippen LogP contribution >= 0.6 is 11.8 Å². The number of thioether (sulfide) groups is 1. The first-order chi connectivity index (χ1) is 9.70. The predicted molar refractivity (Wildman–Crippen MR) is 81.4 cm³/mol. The quantitative estimate of drug-likeness (QED) is 0.877. The number of ether oxygens (including phenoxy) is 1. The summed E-state index contributed by atoms with van der Waals surface area (Å²) in [7, 11) is 1.60. The standard InChI is InChI=1S/C16H16O3S/c1-19-15-8-7-13(16(17)18)9-14(15)11-20-10-12-5-3-2-4-6-12/h2-9H,10-11H2,1H3,(H,17,18). The van der Waals surface area contributed by atoms with Gasteiger partial charge in [-0.15, -0.1) is 0 Å². The second-order valence-corrected chi connectivity index (χ2v) is 5.30. The monoisotopic (exact) mass is 288 g/mol. The maximum Gasteiger partial charge on any atom is 0.335 e. The van der Waals surface area contributed by atoms with Crippen LogP contribution < -0.4 is 4.74 Å². The van der Waals surface area contributed by atoms with Crippen molar-refractivity contribution in [2.24, 2.45) is 0 Å². The fourth-order valence-corrected chi connectivity index (χ4v) is 2.85. The summed E-state index contributed by atoms with van der Waals surface area (Å²) in [4.78, 5) is 11.0. The van der Waals surface area contributed by atoms with Gasteiger partial charge in [0.05, 0.1) is 12.7 Å². The summed E-state index contributed by atoms with van der Waals surface area (Å²) < 4.78 is 5.28. The van der Waals surface area contributed by atoms with E-state index in [2.05, 4.69) is 12.1 Å². The SMILES string of the molecule is COc1ccc(C(=O)O)cc1CSCc1ccccc1. The van der Waals surface area contributed by atoms with Crippen molar-refractivity contribution in [3.8, 4) is 5.75 Å². The molecule has 1 N–H and O–H groups in total. The first-order valence-corrected chi connectivity index (χ1v) is 7.38. The Morgan fingerprint density at radius 2 is 1.90 bits per heavy atom. The first kappa shape index (κ1) is 14.5. The van der Waals surface area contributed by atoms with Gasteiger partial charge in [-0.2, -0.15) is 11.8 Å². The van der Waals surface area contributed by atoms with Crippen LogP contribution in [0.5, 0.6) is 5.75 Å². The van der Waals surface area contributed by atoms with Crippen LogP contribution in [-0.4, -0.2) is 18.2 Å². The van der Waals surface area contributed by atoms with E-state index < -0.39 is 5.97 Å². The number of carbonyl (C=O) groups is 1. The second kappa shape index (κ2) is 7.01. The second-order valence-electron chi connectivity index (χ2n) is 4.31. The van der Waals surface area contributed by atoms with Gasteiger partial charge in [0.15, 0.2) is 0 Å². The highest BCUT2D eigenvalue weighted by Gasteiger charge is 2.09. The molecule has 0 atom stereocenters. The Hall–Kier alpha value is -1.94. The normalized spacial score (nSPS) is 10.2. The summed E-state index contributed by atoms with van der Waals surface area (Å²) in [5.74, 6) is 1.43. The predicted octanol–water partition coefficient (Wildman–Crippen LogP) is 3.83. The maximum atomic E-state index is 11.0. The van der Waals surface area contributed by atoms with Gasteiger partial charge in [0, 0.05) is 17.1 Å². The van der Waals surface area contributed by atoms with Crippen LogP contribution in [0.4, 0.5) is 0 Å². The summed E-state index contributed by atoms with van der Waals surface area (Å²) in [6.45, 7) is 0. The summed E-state index contributed by atoms with van der Waals surface area (Å²) >= 11 is 1.74. The van der Waals surface area contributed by atoms with Crippen LogP contribution in [0.25, 0.3) is 0 Å². The van der Waals surface area contributed by atoms with Crippen molar-refractivity contribution < 1.29 is 14.6 Å². The van der Waals surface area contributed by atoms with Crippen molar-refractivity contribution in [2.75, 3.05) is 7.11 Å². The molecule has 0 aliphatic carbocycles. The Balaban J connectivity index is 2.04. The lowest BCUT2D eigenvalue weighted by atomic mass is 10.1. The van der Waals surface area contributed by atoms with Crippen molar-refractivity contribution in [2.45, 2.75) is 11.5 Å². The summed E-state index contributed by atoms with van der Waals surface area (Å²) in [5, 5.41) is 9.03. The number of benzene rings is 2. The molecule has 2 aromatic rings. The van der Waals surface area contributed by atoms with Crippen molar-refractivity contribution >= 4 is 17.7 Å². The van der Waals surface area contributed by atoms with E-state index in [0.29, 0.717) is 5.56 Å². The lowest BCUT2D eigenvalue weighted by molar-refractivity contribution is 0.0696. The number of carboxylic acids is 1. The number of aromatic carboxylic acids is 1. The number of rotatable bonds is 6. The molecule has 104 valence electrons. The largest absolute Gasteiger partial charge is 0.496 e. The molecule has 0 amide bonds. The van der Waals surface area contributed by atoms with Gasteiger partial charge in [0.2, 0.25) is 0 Å². The van der Waals surface area contributed by atoms with E-state index in [0.717, 1.165) is 22.8 Å². The Morgan fingerprint density at radius 3 is 2.55 bits per heavy atom. The minimum atomic E-state index is -0.915. The van der Waals surface area contributed by atoms with E-state index in [1.54, 1.807) is 37.1 Å². The molecule has 0 aromatic heterocycles. The highest BCUT2D eigenvalue weighted by atomic mass is 32.2. The summed E-state index contributed by atoms with van der Waals surface area (Å²) in [6, 6.07) is 15.1. The van der Waals surface area contributed by atoms with Gasteiger partial charge in [0.25, 0.3) is 0 Å². The number of hydrogen-bond donors (Lipinski definition) is 1. The zero-order valence-electron chi connectivity index (χ0n) is 11.2. The molecule has 0 unspecified atom stereocenters. The van der Waals surface area contributed by atoms with Gasteiger partial charge in [-0.05, 0) is 23.8 Å². The molecule has 0 bridgehead atoms. The lowest BCUT2D eigenvalue weighted by Gasteiger charge is -2.09. The number of carboxylic acid groups (broad SMARTS) is 1. The first-order valence-electron chi connectivity index (χ1n) is 6.22. The van der Waals surface area contributed by atoms with E-state index >= 15 is 0 Å². The maximum absolute atomic E-state index is 11.0. The van der Waals surface area contributed by atoms with E-state index in [1.165, 1.54) is 5.56 Å². The average molecular weight is 288 g/mol. The van der Waals surface area contributed by atoms with E-state index in [9.17, 15) is 4.79 Å². The average Bonchev–Trinajstić information content (AvgIpc) is 2.48. The van der Waals surface area contributed by atoms with Crippen molar-refractivity contribution in [1.82, 2.24) is 0 Å². The summed E-state index contributed by atoms with van der Waals surface area (Å²) in [5.41, 5.74) is 2.46. The molecule has 0 aliphatic rings. The van der Waals surface area contributed by atoms with Crippen LogP contribution in [-0.2, 0) is 11.5 Å². The van der Waals surface area contributed by atoms with Crippen LogP contribution in [0.1, 0.15) is 21.5 Å². The molecule has 0 radical (unpaired) electrons. The topological polar surface area (TPSA) is 46.5 Å². The molecule has 0 heterocycles. The third kappa shape index (κ3) is 3.78. The zero-order chi connectivity index (χ0) is 14.4. The smallest absolute Gasteiger partial charge is 0.335 e. The molecule has 2 aromatic carbocycles. The van der Waals surface area contributed by atoms with Crippen LogP contribution in [0.15, 0.2) is 48.5 Å². The lowest BCUT2D eigenvalue weighted by Crippen LogP contribution is -1.99. The summed E-state index contributed by atoms with van der Waals surface area (Å²) in [6.07, 6.45) is 0. The van der Waals surface area contributed by atoms with Gasteiger partial charge in [0.1, 0.15) is 5.75 Å². The molecule has 0 aliphatic heterocycles. The van der Waals surface area contributed by atoms with Gasteiger partial charge in [-0.3, -0.25) is 0 Å². The highest BCUT2D eigenvalue weighted by Crippen LogP contribution is 2.26. The molecule has 4 heteroatoms. The zero-order valence-corrected chi connectivity index (χ0v) is 12.0. The molecule has 0 spiro atoms. The fraction of sp³-hybridized carbons (Fsp3) is 0.188. The Labute approximate surface area is 122 Å². The van der Waals surface area contributed by atoms with Gasteiger partial charge >= 0.3 is 5.97 Å². The van der Waals surface area contributed by atoms with Crippen molar-refractivity contribution in [3.63, 3.8) is 0 Å². The number of methoxy groups -OCH3 is 1. The van der Waals surface area contributed by atoms with Crippen LogP contribution in [0, 0.1) is 0 Å². The molecular formula is C16H16O3S. The van der Waals surface area contributed by atoms with E-state index in [-0.39, 0.29) is 0 Å². The molecule has 0 saturated heterocycles. The molecular weight excluding hydrogens is 272 g/mol. The molecule has 2 rings (SSSR count). The van der Waals surface area contributed by atoms with Crippen molar-refractivity contribution in [3.05, 3.63) is 65.2 Å². The van der Waals surface area contributed by atoms with Crippen LogP contribution in [0.3, 0.4) is 0 Å². The van der Waals surface area contributed by atoms with Crippen molar-refractivity contribution in [1.29, 1.82) is 0 Å². The van der Waals surface area contributed by atoms with Crippen LogP contribution in [0.2, 0.25) is 0 Å². The third-order valence-electron chi connectivity index (χ3n) is 2.90. The van der Waals surface area contributed by atoms with Gasteiger partial charge in [-0.1, -0.05) is 30.3 Å². The minimum absolute atomic E-state index is 0.293. The third-order valence-corrected chi connectivity index (χ3v) is 3.95. The fourth-order valence-electron chi connectivity index (χ4n) is 1.88. The Kier molecular flexibility index (Phi) is 5.07. The van der Waals surface area contributed by atoms with E-state index in [1.807, 2.05) is 18.2 Å². The van der Waals surface area contributed by atoms with Gasteiger partial charge < -0.3 is 9.84 Å². The van der Waals surface area contributed by atoms with Gasteiger partial charge in [-0.25, -0.2) is 4.79 Å². The Bertz CT molecular complexity index is 582. The molecule has 0 fully saturated rings. The Morgan fingerprint density at radius 1 is 1.15 bits per heavy atom.